The molecule has 7 nitrogen and oxygen atoms in total. The Labute approximate surface area is 120 Å². The molecule has 0 radical (unpaired) electrons. The highest BCUT2D eigenvalue weighted by atomic mass is 16.2. The zero-order valence-electron chi connectivity index (χ0n) is 11.2. The van der Waals surface area contributed by atoms with Gasteiger partial charge in [-0.2, -0.15) is 10.4 Å². The third-order valence-corrected chi connectivity index (χ3v) is 3.58. The molecule has 1 N–H and O–H groups in total. The van der Waals surface area contributed by atoms with Crippen LogP contribution in [0.25, 0.3) is 0 Å². The molecule has 1 aliphatic rings. The van der Waals surface area contributed by atoms with Crippen LogP contribution in [0.5, 0.6) is 0 Å². The van der Waals surface area contributed by atoms with Gasteiger partial charge in [0, 0.05) is 31.6 Å². The standard InChI is InChI=1S/C14H13N5O2/c15-9-10-1-3-11(4-2-10)13(20)18-6-5-12-16-17-14(21)19(12)8-7-18/h1-4H,5-8H2,(H,17,21). The number of hydrogen-bond acceptors (Lipinski definition) is 4. The number of rotatable bonds is 1. The number of hydrogen-bond donors (Lipinski definition) is 1. The summed E-state index contributed by atoms with van der Waals surface area (Å²) in [7, 11) is 0. The highest BCUT2D eigenvalue weighted by molar-refractivity contribution is 5.94. The first kappa shape index (κ1) is 13.1. The number of nitrogens with one attached hydrogen (secondary N) is 1. The molecule has 1 amide bonds. The lowest BCUT2D eigenvalue weighted by Crippen LogP contribution is -2.34. The van der Waals surface area contributed by atoms with Crippen molar-refractivity contribution in [3.05, 3.63) is 51.7 Å². The van der Waals surface area contributed by atoms with Gasteiger partial charge in [0.05, 0.1) is 11.6 Å². The summed E-state index contributed by atoms with van der Waals surface area (Å²) in [5.41, 5.74) is 0.828. The molecule has 1 aromatic carbocycles. The van der Waals surface area contributed by atoms with Crippen LogP contribution in [0.15, 0.2) is 29.1 Å². The molecule has 0 aliphatic carbocycles. The molecule has 7 heteroatoms. The quantitative estimate of drug-likeness (QED) is 0.805. The largest absolute Gasteiger partial charge is 0.343 e. The van der Waals surface area contributed by atoms with Gasteiger partial charge in [-0.3, -0.25) is 9.36 Å². The van der Waals surface area contributed by atoms with Gasteiger partial charge in [-0.05, 0) is 24.3 Å². The van der Waals surface area contributed by atoms with Gasteiger partial charge in [0.15, 0.2) is 0 Å². The van der Waals surface area contributed by atoms with Gasteiger partial charge in [-0.1, -0.05) is 0 Å². The molecule has 21 heavy (non-hydrogen) atoms. The molecule has 0 spiro atoms. The summed E-state index contributed by atoms with van der Waals surface area (Å²) >= 11 is 0. The molecule has 0 unspecified atom stereocenters. The van der Waals surface area contributed by atoms with Crippen LogP contribution in [-0.2, 0) is 13.0 Å². The molecule has 106 valence electrons. The number of aromatic nitrogens is 3. The van der Waals surface area contributed by atoms with Crippen molar-refractivity contribution in [1.82, 2.24) is 19.7 Å². The molecule has 0 atom stereocenters. The normalized spacial score (nSPS) is 14.1. The second-order valence-corrected chi connectivity index (χ2v) is 4.83. The van der Waals surface area contributed by atoms with E-state index >= 15 is 0 Å². The van der Waals surface area contributed by atoms with Crippen molar-refractivity contribution in [2.24, 2.45) is 0 Å². The third kappa shape index (κ3) is 2.43. The summed E-state index contributed by atoms with van der Waals surface area (Å²) in [6.07, 6.45) is 0.542. The lowest BCUT2D eigenvalue weighted by molar-refractivity contribution is 0.0758. The Bertz CT molecular complexity index is 766. The number of H-pyrrole nitrogens is 1. The van der Waals surface area contributed by atoms with Crippen molar-refractivity contribution in [2.75, 3.05) is 13.1 Å². The SMILES string of the molecule is N#Cc1ccc(C(=O)N2CCc3n[nH]c(=O)n3CC2)cc1. The number of carbonyl (C=O) groups excluding carboxylic acids is 1. The molecule has 0 bridgehead atoms. The number of carbonyl (C=O) groups is 1. The second-order valence-electron chi connectivity index (χ2n) is 4.83. The van der Waals surface area contributed by atoms with E-state index in [0.717, 1.165) is 0 Å². The Morgan fingerprint density at radius 3 is 2.71 bits per heavy atom. The van der Waals surface area contributed by atoms with Crippen LogP contribution in [0.4, 0.5) is 0 Å². The summed E-state index contributed by atoms with van der Waals surface area (Å²) < 4.78 is 1.56. The molecule has 2 heterocycles. The zero-order chi connectivity index (χ0) is 14.8. The monoisotopic (exact) mass is 283 g/mol. The minimum Gasteiger partial charge on any atom is -0.336 e. The number of aromatic amines is 1. The van der Waals surface area contributed by atoms with Gasteiger partial charge in [-0.15, -0.1) is 0 Å². The molecule has 1 aliphatic heterocycles. The summed E-state index contributed by atoms with van der Waals surface area (Å²) in [6.45, 7) is 1.42. The van der Waals surface area contributed by atoms with E-state index < -0.39 is 0 Å². The van der Waals surface area contributed by atoms with Crippen molar-refractivity contribution in [3.63, 3.8) is 0 Å². The molecule has 3 rings (SSSR count). The predicted octanol–water partition coefficient (Wildman–Crippen LogP) is 0.142. The van der Waals surface area contributed by atoms with Crippen LogP contribution in [0, 0.1) is 11.3 Å². The zero-order valence-corrected chi connectivity index (χ0v) is 11.2. The average molecular weight is 283 g/mol. The first-order chi connectivity index (χ1) is 10.2. The Kier molecular flexibility index (Phi) is 3.28. The maximum atomic E-state index is 12.4. The Hall–Kier alpha value is -2.88. The number of fused-ring (bicyclic) bond motifs is 1. The maximum Gasteiger partial charge on any atom is 0.343 e. The van der Waals surface area contributed by atoms with Gasteiger partial charge < -0.3 is 4.90 Å². The molecular formula is C14H13N5O2. The first-order valence-electron chi connectivity index (χ1n) is 6.62. The van der Waals surface area contributed by atoms with Crippen LogP contribution in [-0.4, -0.2) is 38.7 Å². The predicted molar refractivity (Wildman–Crippen MR) is 73.6 cm³/mol. The Morgan fingerprint density at radius 2 is 2.00 bits per heavy atom. The van der Waals surface area contributed by atoms with Gasteiger partial charge in [-0.25, -0.2) is 9.89 Å². The molecule has 2 aromatic rings. The lowest BCUT2D eigenvalue weighted by Gasteiger charge is -2.19. The van der Waals surface area contributed by atoms with Crippen LogP contribution >= 0.6 is 0 Å². The molecular weight excluding hydrogens is 270 g/mol. The number of benzene rings is 1. The van der Waals surface area contributed by atoms with Crippen molar-refractivity contribution in [3.8, 4) is 6.07 Å². The minimum atomic E-state index is -0.238. The fourth-order valence-corrected chi connectivity index (χ4v) is 2.41. The highest BCUT2D eigenvalue weighted by Crippen LogP contribution is 2.10. The van der Waals surface area contributed by atoms with E-state index in [-0.39, 0.29) is 11.6 Å². The van der Waals surface area contributed by atoms with Gasteiger partial charge >= 0.3 is 5.69 Å². The topological polar surface area (TPSA) is 94.8 Å². The molecule has 0 saturated heterocycles. The van der Waals surface area contributed by atoms with Crippen LogP contribution < -0.4 is 5.69 Å². The summed E-state index contributed by atoms with van der Waals surface area (Å²) in [5, 5.41) is 15.1. The summed E-state index contributed by atoms with van der Waals surface area (Å²) in [5.74, 6) is 0.580. The van der Waals surface area contributed by atoms with Crippen molar-refractivity contribution >= 4 is 5.91 Å². The smallest absolute Gasteiger partial charge is 0.336 e. The van der Waals surface area contributed by atoms with E-state index in [9.17, 15) is 9.59 Å². The molecule has 1 aromatic heterocycles. The molecule has 0 saturated carbocycles. The number of amides is 1. The van der Waals surface area contributed by atoms with Gasteiger partial charge in [0.25, 0.3) is 5.91 Å². The first-order valence-corrected chi connectivity index (χ1v) is 6.62. The Balaban J connectivity index is 1.77. The lowest BCUT2D eigenvalue weighted by atomic mass is 10.1. The third-order valence-electron chi connectivity index (χ3n) is 3.58. The number of nitriles is 1. The van der Waals surface area contributed by atoms with Crippen molar-refractivity contribution in [2.45, 2.75) is 13.0 Å². The van der Waals surface area contributed by atoms with E-state index in [1.807, 2.05) is 6.07 Å². The van der Waals surface area contributed by atoms with Crippen LogP contribution in [0.2, 0.25) is 0 Å². The fraction of sp³-hybridized carbons (Fsp3) is 0.286. The van der Waals surface area contributed by atoms with Gasteiger partial charge in [0.1, 0.15) is 5.82 Å². The van der Waals surface area contributed by atoms with Crippen LogP contribution in [0.1, 0.15) is 21.7 Å². The van der Waals surface area contributed by atoms with E-state index in [4.69, 9.17) is 5.26 Å². The molecule has 0 fully saturated rings. The average Bonchev–Trinajstić information content (AvgIpc) is 2.75. The minimum absolute atomic E-state index is 0.0957. The van der Waals surface area contributed by atoms with Crippen molar-refractivity contribution < 1.29 is 4.79 Å². The number of nitrogens with zero attached hydrogens (tertiary/aromatic N) is 4. The van der Waals surface area contributed by atoms with E-state index in [1.54, 1.807) is 33.7 Å². The van der Waals surface area contributed by atoms with Crippen LogP contribution in [0.3, 0.4) is 0 Å². The van der Waals surface area contributed by atoms with E-state index in [1.165, 1.54) is 0 Å². The van der Waals surface area contributed by atoms with Crippen molar-refractivity contribution in [1.29, 1.82) is 5.26 Å². The highest BCUT2D eigenvalue weighted by Gasteiger charge is 2.21. The Morgan fingerprint density at radius 1 is 1.24 bits per heavy atom. The summed E-state index contributed by atoms with van der Waals surface area (Å²) in [6, 6.07) is 8.57. The second kappa shape index (κ2) is 5.25. The fourth-order valence-electron chi connectivity index (χ4n) is 2.41. The van der Waals surface area contributed by atoms with E-state index in [2.05, 4.69) is 10.2 Å². The maximum absolute atomic E-state index is 12.4. The summed E-state index contributed by atoms with van der Waals surface area (Å²) in [4.78, 5) is 25.7. The van der Waals surface area contributed by atoms with E-state index in [0.29, 0.717) is 43.0 Å². The van der Waals surface area contributed by atoms with Gasteiger partial charge in [0.2, 0.25) is 0 Å².